The number of carbonyl (C=O) groups excluding carboxylic acids is 1. The molecule has 10 heteroatoms. The van der Waals surface area contributed by atoms with Crippen molar-refractivity contribution in [3.63, 3.8) is 0 Å². The van der Waals surface area contributed by atoms with Crippen molar-refractivity contribution in [3.05, 3.63) is 54.1 Å². The van der Waals surface area contributed by atoms with E-state index in [0.29, 0.717) is 5.69 Å². The van der Waals surface area contributed by atoms with Gasteiger partial charge in [0, 0.05) is 5.69 Å². The zero-order valence-corrected chi connectivity index (χ0v) is 14.3. The molecule has 0 aliphatic heterocycles. The van der Waals surface area contributed by atoms with Crippen molar-refractivity contribution in [1.82, 2.24) is 4.72 Å². The number of halogens is 3. The molecule has 0 heterocycles. The number of amides is 1. The second-order valence-corrected chi connectivity index (χ2v) is 6.97. The third kappa shape index (κ3) is 5.74. The van der Waals surface area contributed by atoms with Gasteiger partial charge in [-0.2, -0.15) is 0 Å². The molecule has 0 unspecified atom stereocenters. The van der Waals surface area contributed by atoms with Gasteiger partial charge in [0.1, 0.15) is 5.75 Å². The van der Waals surface area contributed by atoms with Crippen molar-refractivity contribution in [2.75, 3.05) is 11.9 Å². The van der Waals surface area contributed by atoms with Gasteiger partial charge in [-0.05, 0) is 42.8 Å². The molecule has 2 aromatic rings. The lowest BCUT2D eigenvalue weighted by molar-refractivity contribution is -0.274. The zero-order chi connectivity index (χ0) is 19.4. The summed E-state index contributed by atoms with van der Waals surface area (Å²) in [6, 6.07) is 10.6. The normalized spacial score (nSPS) is 11.8. The van der Waals surface area contributed by atoms with Crippen LogP contribution in [0.4, 0.5) is 18.9 Å². The highest BCUT2D eigenvalue weighted by Gasteiger charge is 2.31. The van der Waals surface area contributed by atoms with Crippen molar-refractivity contribution >= 4 is 21.6 Å². The van der Waals surface area contributed by atoms with Crippen molar-refractivity contribution < 1.29 is 31.1 Å². The van der Waals surface area contributed by atoms with Crippen LogP contribution in [0.25, 0.3) is 0 Å². The lowest BCUT2D eigenvalue weighted by Crippen LogP contribution is -2.33. The number of para-hydroxylation sites is 1. The Kier molecular flexibility index (Phi) is 5.88. The molecule has 1 amide bonds. The van der Waals surface area contributed by atoms with Crippen LogP contribution in [0.1, 0.15) is 5.56 Å². The predicted octanol–water partition coefficient (Wildman–Crippen LogP) is 2.81. The monoisotopic (exact) mass is 388 g/mol. The Morgan fingerprint density at radius 2 is 1.69 bits per heavy atom. The molecule has 0 radical (unpaired) electrons. The zero-order valence-electron chi connectivity index (χ0n) is 13.5. The van der Waals surface area contributed by atoms with Crippen LogP contribution >= 0.6 is 0 Å². The highest BCUT2D eigenvalue weighted by Crippen LogP contribution is 2.23. The molecule has 0 atom stereocenters. The lowest BCUT2D eigenvalue weighted by Gasteiger charge is -2.11. The molecule has 0 saturated carbocycles. The minimum Gasteiger partial charge on any atom is -0.406 e. The minimum absolute atomic E-state index is 0.296. The molecule has 0 aromatic heterocycles. The van der Waals surface area contributed by atoms with Crippen molar-refractivity contribution in [1.29, 1.82) is 0 Å². The van der Waals surface area contributed by atoms with E-state index in [-0.39, 0.29) is 4.90 Å². The molecule has 2 N–H and O–H groups in total. The van der Waals surface area contributed by atoms with Gasteiger partial charge in [-0.15, -0.1) is 13.2 Å². The Morgan fingerprint density at radius 3 is 2.27 bits per heavy atom. The summed E-state index contributed by atoms with van der Waals surface area (Å²) < 4.78 is 66.2. The Bertz CT molecular complexity index is 881. The molecular weight excluding hydrogens is 373 g/mol. The summed E-state index contributed by atoms with van der Waals surface area (Å²) in [5.74, 6) is -1.13. The van der Waals surface area contributed by atoms with Gasteiger partial charge in [-0.1, -0.05) is 18.2 Å². The molecule has 0 bridgehead atoms. The number of sulfonamides is 1. The number of ether oxygens (including phenoxy) is 1. The van der Waals surface area contributed by atoms with Crippen LogP contribution in [0.2, 0.25) is 0 Å². The molecular formula is C16H15F3N2O4S. The fourth-order valence-electron chi connectivity index (χ4n) is 1.97. The highest BCUT2D eigenvalue weighted by molar-refractivity contribution is 7.89. The maximum atomic E-state index is 12.1. The third-order valence-electron chi connectivity index (χ3n) is 3.21. The fourth-order valence-corrected chi connectivity index (χ4v) is 2.95. The Morgan fingerprint density at radius 1 is 1.08 bits per heavy atom. The largest absolute Gasteiger partial charge is 0.573 e. The summed E-state index contributed by atoms with van der Waals surface area (Å²) in [5, 5.41) is 2.56. The number of nitrogens with one attached hydrogen (secondary N) is 2. The average Bonchev–Trinajstić information content (AvgIpc) is 2.54. The van der Waals surface area contributed by atoms with E-state index < -0.39 is 34.6 Å². The van der Waals surface area contributed by atoms with Crippen LogP contribution in [-0.4, -0.2) is 27.2 Å². The number of aryl methyl sites for hydroxylation is 1. The first-order valence-corrected chi connectivity index (χ1v) is 8.76. The number of hydrogen-bond acceptors (Lipinski definition) is 4. The number of rotatable bonds is 6. The summed E-state index contributed by atoms with van der Waals surface area (Å²) >= 11 is 0. The smallest absolute Gasteiger partial charge is 0.406 e. The molecule has 0 spiro atoms. The quantitative estimate of drug-likeness (QED) is 0.797. The summed E-state index contributed by atoms with van der Waals surface area (Å²) in [5.41, 5.74) is 1.36. The fraction of sp³-hybridized carbons (Fsp3) is 0.188. The molecule has 6 nitrogen and oxygen atoms in total. The maximum Gasteiger partial charge on any atom is 0.573 e. The Balaban J connectivity index is 1.98. The van der Waals surface area contributed by atoms with E-state index in [1.54, 1.807) is 31.2 Å². The van der Waals surface area contributed by atoms with Crippen LogP contribution in [0.3, 0.4) is 0 Å². The summed E-state index contributed by atoms with van der Waals surface area (Å²) in [7, 11) is -4.07. The van der Waals surface area contributed by atoms with E-state index in [4.69, 9.17) is 0 Å². The van der Waals surface area contributed by atoms with Gasteiger partial charge >= 0.3 is 6.36 Å². The highest BCUT2D eigenvalue weighted by atomic mass is 32.2. The first kappa shape index (κ1) is 19.7. The molecule has 0 aliphatic rings. The van der Waals surface area contributed by atoms with Crippen LogP contribution < -0.4 is 14.8 Å². The summed E-state index contributed by atoms with van der Waals surface area (Å²) in [6.07, 6.45) is -4.87. The Hall–Kier alpha value is -2.59. The number of alkyl halides is 3. The van der Waals surface area contributed by atoms with Crippen LogP contribution in [0, 0.1) is 6.92 Å². The minimum atomic E-state index is -4.87. The molecule has 2 rings (SSSR count). The number of benzene rings is 2. The summed E-state index contributed by atoms with van der Waals surface area (Å²) in [6.45, 7) is 1.25. The van der Waals surface area contributed by atoms with Crippen LogP contribution in [0.5, 0.6) is 5.75 Å². The predicted molar refractivity (Wildman–Crippen MR) is 88.1 cm³/mol. The van der Waals surface area contributed by atoms with Gasteiger partial charge in [0.15, 0.2) is 0 Å². The molecule has 26 heavy (non-hydrogen) atoms. The molecule has 0 saturated heterocycles. The van der Waals surface area contributed by atoms with Gasteiger partial charge in [-0.3, -0.25) is 4.79 Å². The molecule has 0 aliphatic carbocycles. The van der Waals surface area contributed by atoms with Crippen LogP contribution in [0.15, 0.2) is 53.4 Å². The van der Waals surface area contributed by atoms with Gasteiger partial charge in [0.25, 0.3) is 0 Å². The number of hydrogen-bond donors (Lipinski definition) is 2. The first-order chi connectivity index (χ1) is 12.1. The maximum absolute atomic E-state index is 12.1. The molecule has 2 aromatic carbocycles. The van der Waals surface area contributed by atoms with E-state index in [9.17, 15) is 26.4 Å². The van der Waals surface area contributed by atoms with Gasteiger partial charge in [-0.25, -0.2) is 13.1 Å². The van der Waals surface area contributed by atoms with Gasteiger partial charge in [0.2, 0.25) is 15.9 Å². The van der Waals surface area contributed by atoms with Gasteiger partial charge in [0.05, 0.1) is 11.4 Å². The lowest BCUT2D eigenvalue weighted by atomic mass is 10.2. The second kappa shape index (κ2) is 7.75. The average molecular weight is 388 g/mol. The van der Waals surface area contributed by atoms with Crippen LogP contribution in [-0.2, 0) is 14.8 Å². The Labute approximate surface area is 148 Å². The van der Waals surface area contributed by atoms with Gasteiger partial charge < -0.3 is 10.1 Å². The van der Waals surface area contributed by atoms with E-state index in [1.165, 1.54) is 0 Å². The number of anilines is 1. The van der Waals surface area contributed by atoms with Crippen molar-refractivity contribution in [3.8, 4) is 5.75 Å². The summed E-state index contributed by atoms with van der Waals surface area (Å²) in [4.78, 5) is 11.6. The van der Waals surface area contributed by atoms with E-state index in [0.717, 1.165) is 29.8 Å². The topological polar surface area (TPSA) is 84.5 Å². The van der Waals surface area contributed by atoms with E-state index in [1.807, 2.05) is 0 Å². The van der Waals surface area contributed by atoms with E-state index >= 15 is 0 Å². The van der Waals surface area contributed by atoms with Crippen molar-refractivity contribution in [2.24, 2.45) is 0 Å². The standard InChI is InChI=1S/C16H15F3N2O4S/c1-11-4-2-3-5-14(11)21-15(22)10-20-26(23,24)13-8-6-12(7-9-13)25-16(17,18)19/h2-9,20H,10H2,1H3,(H,21,22). The van der Waals surface area contributed by atoms with E-state index in [2.05, 4.69) is 14.8 Å². The first-order valence-electron chi connectivity index (χ1n) is 7.28. The SMILES string of the molecule is Cc1ccccc1NC(=O)CNS(=O)(=O)c1ccc(OC(F)(F)F)cc1. The third-order valence-corrected chi connectivity index (χ3v) is 4.63. The van der Waals surface area contributed by atoms with Crippen molar-refractivity contribution in [2.45, 2.75) is 18.2 Å². The molecule has 140 valence electrons. The number of carbonyl (C=O) groups is 1. The molecule has 0 fully saturated rings. The second-order valence-electron chi connectivity index (χ2n) is 5.21.